The van der Waals surface area contributed by atoms with Crippen molar-refractivity contribution in [1.29, 1.82) is 0 Å². The summed E-state index contributed by atoms with van der Waals surface area (Å²) in [4.78, 5) is 7.96. The quantitative estimate of drug-likeness (QED) is 0.879. The maximum absolute atomic E-state index is 11.0. The van der Waals surface area contributed by atoms with Crippen molar-refractivity contribution in [3.8, 4) is 0 Å². The number of piperidine rings is 1. The Labute approximate surface area is 159 Å². The Morgan fingerprint density at radius 2 is 1.77 bits per heavy atom. The summed E-state index contributed by atoms with van der Waals surface area (Å²) in [7, 11) is 0. The van der Waals surface area contributed by atoms with Gasteiger partial charge in [-0.3, -0.25) is 4.90 Å². The normalized spacial score (nSPS) is 22.7. The van der Waals surface area contributed by atoms with E-state index in [1.165, 1.54) is 5.56 Å². The van der Waals surface area contributed by atoms with Crippen LogP contribution in [0.4, 0.5) is 0 Å². The highest BCUT2D eigenvalue weighted by atomic mass is 35.5. The molecule has 0 bridgehead atoms. The Hall–Kier alpha value is -1.88. The summed E-state index contributed by atoms with van der Waals surface area (Å²) in [6, 6.07) is 17.8. The molecule has 0 aliphatic carbocycles. The third-order valence-corrected chi connectivity index (χ3v) is 5.62. The lowest BCUT2D eigenvalue weighted by atomic mass is 9.84. The van der Waals surface area contributed by atoms with E-state index in [0.717, 1.165) is 37.3 Å². The minimum absolute atomic E-state index is 0.0296. The smallest absolute Gasteiger partial charge is 0.157 e. The van der Waals surface area contributed by atoms with Crippen molar-refractivity contribution in [2.75, 3.05) is 19.6 Å². The molecule has 2 aliphatic rings. The number of aliphatic hydroxyl groups is 1. The molecule has 2 aromatic carbocycles. The molecule has 5 heteroatoms. The molecule has 1 atom stereocenters. The summed E-state index contributed by atoms with van der Waals surface area (Å²) in [5, 5.41) is 16.0. The van der Waals surface area contributed by atoms with Gasteiger partial charge in [-0.25, -0.2) is 0 Å². The van der Waals surface area contributed by atoms with Crippen molar-refractivity contribution in [3.63, 3.8) is 0 Å². The van der Waals surface area contributed by atoms with Crippen molar-refractivity contribution >= 4 is 17.3 Å². The molecular formula is C21H23ClN2O2. The van der Waals surface area contributed by atoms with Crippen LogP contribution in [-0.4, -0.2) is 35.4 Å². The maximum atomic E-state index is 11.0. The predicted octanol–water partition coefficient (Wildman–Crippen LogP) is 4.14. The van der Waals surface area contributed by atoms with Crippen LogP contribution in [0.3, 0.4) is 0 Å². The Bertz CT molecular complexity index is 768. The van der Waals surface area contributed by atoms with Gasteiger partial charge in [0.05, 0.1) is 11.3 Å². The first-order chi connectivity index (χ1) is 12.6. The molecule has 1 saturated heterocycles. The lowest BCUT2D eigenvalue weighted by Gasteiger charge is -2.38. The highest BCUT2D eigenvalue weighted by Gasteiger charge is 2.35. The zero-order valence-corrected chi connectivity index (χ0v) is 15.4. The van der Waals surface area contributed by atoms with E-state index in [9.17, 15) is 5.11 Å². The number of rotatable bonds is 4. The van der Waals surface area contributed by atoms with E-state index < -0.39 is 5.60 Å². The van der Waals surface area contributed by atoms with Gasteiger partial charge in [-0.05, 0) is 36.1 Å². The average Bonchev–Trinajstić information content (AvgIpc) is 3.14. The van der Waals surface area contributed by atoms with Crippen molar-refractivity contribution in [3.05, 3.63) is 70.7 Å². The lowest BCUT2D eigenvalue weighted by Crippen LogP contribution is -2.44. The predicted molar refractivity (Wildman–Crippen MR) is 103 cm³/mol. The molecule has 0 amide bonds. The molecule has 0 aromatic heterocycles. The fraction of sp³-hybridized carbons (Fsp3) is 0.381. The van der Waals surface area contributed by atoms with Gasteiger partial charge in [0.2, 0.25) is 0 Å². The molecule has 2 aliphatic heterocycles. The molecule has 4 rings (SSSR count). The number of benzene rings is 2. The minimum Gasteiger partial charge on any atom is -0.387 e. The van der Waals surface area contributed by atoms with Crippen LogP contribution in [-0.2, 0) is 10.4 Å². The first-order valence-corrected chi connectivity index (χ1v) is 9.47. The van der Waals surface area contributed by atoms with Crippen molar-refractivity contribution in [2.24, 2.45) is 5.16 Å². The van der Waals surface area contributed by atoms with Crippen molar-refractivity contribution in [1.82, 2.24) is 4.90 Å². The number of hydrogen-bond donors (Lipinski definition) is 1. The van der Waals surface area contributed by atoms with Gasteiger partial charge >= 0.3 is 0 Å². The van der Waals surface area contributed by atoms with Crippen LogP contribution in [0.1, 0.15) is 36.5 Å². The molecule has 2 aromatic rings. The van der Waals surface area contributed by atoms with E-state index in [0.29, 0.717) is 17.9 Å². The van der Waals surface area contributed by atoms with Crippen LogP contribution in [0.5, 0.6) is 0 Å². The molecule has 1 N–H and O–H groups in total. The Morgan fingerprint density at radius 1 is 1.08 bits per heavy atom. The average molecular weight is 371 g/mol. The Kier molecular flexibility index (Phi) is 4.98. The highest BCUT2D eigenvalue weighted by molar-refractivity contribution is 6.30. The van der Waals surface area contributed by atoms with Gasteiger partial charge in [0.1, 0.15) is 0 Å². The first kappa shape index (κ1) is 17.5. The second kappa shape index (κ2) is 7.39. The molecule has 26 heavy (non-hydrogen) atoms. The Balaban J connectivity index is 1.31. The van der Waals surface area contributed by atoms with E-state index in [-0.39, 0.29) is 6.10 Å². The summed E-state index contributed by atoms with van der Waals surface area (Å²) in [5.41, 5.74) is 2.44. The van der Waals surface area contributed by atoms with Gasteiger partial charge in [0, 0.05) is 31.1 Å². The van der Waals surface area contributed by atoms with E-state index >= 15 is 0 Å². The highest BCUT2D eigenvalue weighted by Crippen LogP contribution is 2.34. The summed E-state index contributed by atoms with van der Waals surface area (Å²) in [6.45, 7) is 2.49. The van der Waals surface area contributed by atoms with Crippen LogP contribution < -0.4 is 0 Å². The van der Waals surface area contributed by atoms with Crippen molar-refractivity contribution < 1.29 is 9.94 Å². The first-order valence-electron chi connectivity index (χ1n) is 9.10. The van der Waals surface area contributed by atoms with E-state index in [1.54, 1.807) is 0 Å². The topological polar surface area (TPSA) is 45.1 Å². The second-order valence-electron chi connectivity index (χ2n) is 7.18. The number of hydrogen-bond acceptors (Lipinski definition) is 4. The van der Waals surface area contributed by atoms with Gasteiger partial charge < -0.3 is 9.94 Å². The van der Waals surface area contributed by atoms with Crippen LogP contribution in [0.15, 0.2) is 59.8 Å². The lowest BCUT2D eigenvalue weighted by molar-refractivity contribution is -0.0226. The van der Waals surface area contributed by atoms with E-state index in [2.05, 4.69) is 22.2 Å². The molecule has 2 heterocycles. The Morgan fingerprint density at radius 3 is 2.46 bits per heavy atom. The van der Waals surface area contributed by atoms with E-state index in [4.69, 9.17) is 16.4 Å². The third kappa shape index (κ3) is 3.78. The number of nitrogens with zero attached hydrogens (tertiary/aromatic N) is 2. The molecule has 0 spiro atoms. The largest absolute Gasteiger partial charge is 0.387 e. The number of halogens is 1. The molecule has 1 fully saturated rings. The fourth-order valence-electron chi connectivity index (χ4n) is 3.75. The standard InChI is InChI=1S/C21H23ClN2O2/c22-18-8-6-17(7-9-18)21(25)10-12-24(13-11-21)15-19-14-20(26-23-19)16-4-2-1-3-5-16/h1-9,20,25H,10-15H2. The van der Waals surface area contributed by atoms with Gasteiger partial charge in [-0.1, -0.05) is 59.2 Å². The minimum atomic E-state index is -0.762. The zero-order valence-electron chi connectivity index (χ0n) is 14.6. The van der Waals surface area contributed by atoms with Gasteiger partial charge in [0.15, 0.2) is 6.10 Å². The maximum Gasteiger partial charge on any atom is 0.157 e. The van der Waals surface area contributed by atoms with Crippen LogP contribution >= 0.6 is 11.6 Å². The number of oxime groups is 1. The summed E-state index contributed by atoms with van der Waals surface area (Å²) in [6.07, 6.45) is 2.29. The third-order valence-electron chi connectivity index (χ3n) is 5.37. The molecule has 4 nitrogen and oxygen atoms in total. The van der Waals surface area contributed by atoms with E-state index in [1.807, 2.05) is 42.5 Å². The summed E-state index contributed by atoms with van der Waals surface area (Å²) >= 11 is 5.96. The van der Waals surface area contributed by atoms with Gasteiger partial charge in [-0.2, -0.15) is 0 Å². The fourth-order valence-corrected chi connectivity index (χ4v) is 3.88. The van der Waals surface area contributed by atoms with Crippen LogP contribution in [0.25, 0.3) is 0 Å². The molecular weight excluding hydrogens is 348 g/mol. The molecule has 136 valence electrons. The second-order valence-corrected chi connectivity index (χ2v) is 7.62. The van der Waals surface area contributed by atoms with Gasteiger partial charge in [0.25, 0.3) is 0 Å². The monoisotopic (exact) mass is 370 g/mol. The van der Waals surface area contributed by atoms with Crippen LogP contribution in [0.2, 0.25) is 5.02 Å². The summed E-state index contributed by atoms with van der Waals surface area (Å²) < 4.78 is 0. The number of likely N-dealkylation sites (tertiary alicyclic amines) is 1. The van der Waals surface area contributed by atoms with Crippen molar-refractivity contribution in [2.45, 2.75) is 31.0 Å². The molecule has 0 saturated carbocycles. The summed E-state index contributed by atoms with van der Waals surface area (Å²) in [5.74, 6) is 0. The van der Waals surface area contributed by atoms with Crippen LogP contribution in [0, 0.1) is 0 Å². The zero-order chi connectivity index (χ0) is 18.0. The molecule has 0 radical (unpaired) electrons. The SMILES string of the molecule is OC1(c2ccc(Cl)cc2)CCN(CC2=NOC(c3ccccc3)C2)CC1. The van der Waals surface area contributed by atoms with Gasteiger partial charge in [-0.15, -0.1) is 0 Å². The molecule has 1 unspecified atom stereocenters.